The summed E-state index contributed by atoms with van der Waals surface area (Å²) in [4.78, 5) is 28.9. The molecule has 0 aliphatic carbocycles. The van der Waals surface area contributed by atoms with Gasteiger partial charge in [-0.05, 0) is 59.7 Å². The Hall–Kier alpha value is -4.52. The number of rotatable bonds is 7. The number of amides is 1. The van der Waals surface area contributed by atoms with E-state index in [-0.39, 0.29) is 5.91 Å². The Labute approximate surface area is 190 Å². The Morgan fingerprint density at radius 1 is 1.00 bits per heavy atom. The number of nitrogens with one attached hydrogen (secondary N) is 1. The highest BCUT2D eigenvalue weighted by Crippen LogP contribution is 2.30. The zero-order valence-corrected chi connectivity index (χ0v) is 17.9. The Bertz CT molecular complexity index is 1310. The second kappa shape index (κ2) is 10.2. The van der Waals surface area contributed by atoms with Crippen LogP contribution in [0.4, 0.5) is 0 Å². The van der Waals surface area contributed by atoms with Crippen molar-refractivity contribution >= 4 is 28.9 Å². The molecule has 0 unspecified atom stereocenters. The third kappa shape index (κ3) is 5.22. The molecule has 7 heteroatoms. The summed E-state index contributed by atoms with van der Waals surface area (Å²) >= 11 is 0. The van der Waals surface area contributed by atoms with Gasteiger partial charge in [-0.2, -0.15) is 5.10 Å². The van der Waals surface area contributed by atoms with Crippen LogP contribution in [-0.4, -0.2) is 29.7 Å². The number of hydrogen-bond donors (Lipinski definition) is 1. The van der Waals surface area contributed by atoms with E-state index in [2.05, 4.69) is 15.5 Å². The van der Waals surface area contributed by atoms with Gasteiger partial charge in [0.15, 0.2) is 11.5 Å². The van der Waals surface area contributed by atoms with Crippen LogP contribution in [0.15, 0.2) is 90.3 Å². The number of hydrazone groups is 1. The van der Waals surface area contributed by atoms with Crippen LogP contribution in [0.3, 0.4) is 0 Å². The van der Waals surface area contributed by atoms with Crippen molar-refractivity contribution in [2.45, 2.75) is 6.92 Å². The third-order valence-electron chi connectivity index (χ3n) is 4.78. The van der Waals surface area contributed by atoms with Gasteiger partial charge in [-0.25, -0.2) is 10.2 Å². The number of fused-ring (bicyclic) bond motifs is 1. The van der Waals surface area contributed by atoms with E-state index in [1.54, 1.807) is 42.6 Å². The van der Waals surface area contributed by atoms with Crippen molar-refractivity contribution in [2.75, 3.05) is 6.61 Å². The summed E-state index contributed by atoms with van der Waals surface area (Å²) in [6.07, 6.45) is 4.52. The number of esters is 1. The molecule has 1 aromatic heterocycles. The van der Waals surface area contributed by atoms with Crippen LogP contribution in [0.2, 0.25) is 0 Å². The number of benzene rings is 3. The molecule has 0 aliphatic heterocycles. The second-order valence-corrected chi connectivity index (χ2v) is 7.00. The molecule has 7 nitrogen and oxygen atoms in total. The van der Waals surface area contributed by atoms with Gasteiger partial charge < -0.3 is 9.47 Å². The topological polar surface area (TPSA) is 89.9 Å². The predicted molar refractivity (Wildman–Crippen MR) is 126 cm³/mol. The minimum Gasteiger partial charge on any atom is -0.490 e. The molecule has 3 aromatic carbocycles. The quantitative estimate of drug-likeness (QED) is 0.196. The fourth-order valence-corrected chi connectivity index (χ4v) is 3.24. The lowest BCUT2D eigenvalue weighted by atomic mass is 10.0. The first-order chi connectivity index (χ1) is 16.2. The minimum atomic E-state index is -0.474. The molecule has 0 saturated heterocycles. The van der Waals surface area contributed by atoms with Crippen molar-refractivity contribution in [1.29, 1.82) is 0 Å². The minimum absolute atomic E-state index is 0.298. The number of pyridine rings is 1. The molecule has 0 atom stereocenters. The third-order valence-corrected chi connectivity index (χ3v) is 4.78. The van der Waals surface area contributed by atoms with E-state index in [9.17, 15) is 9.59 Å². The first kappa shape index (κ1) is 21.7. The molecule has 1 amide bonds. The van der Waals surface area contributed by atoms with Crippen molar-refractivity contribution in [3.8, 4) is 11.5 Å². The SMILES string of the molecule is CCOc1cc(/C=N\NC(=O)c2cccnc2)ccc1OC(=O)c1cccc2ccccc12. The van der Waals surface area contributed by atoms with E-state index in [0.29, 0.717) is 34.8 Å². The Kier molecular flexibility index (Phi) is 6.70. The van der Waals surface area contributed by atoms with Crippen molar-refractivity contribution in [3.05, 3.63) is 102 Å². The zero-order chi connectivity index (χ0) is 23.0. The maximum absolute atomic E-state index is 12.9. The monoisotopic (exact) mass is 439 g/mol. The summed E-state index contributed by atoms with van der Waals surface area (Å²) in [6.45, 7) is 2.22. The predicted octanol–water partition coefficient (Wildman–Crippen LogP) is 4.62. The van der Waals surface area contributed by atoms with Gasteiger partial charge in [0.05, 0.1) is 23.9 Å². The summed E-state index contributed by atoms with van der Waals surface area (Å²) < 4.78 is 11.3. The summed E-state index contributed by atoms with van der Waals surface area (Å²) in [5.74, 6) is -0.150. The van der Waals surface area contributed by atoms with Gasteiger partial charge in [0.25, 0.3) is 5.91 Å². The van der Waals surface area contributed by atoms with Gasteiger partial charge in [-0.3, -0.25) is 9.78 Å². The average molecular weight is 439 g/mol. The van der Waals surface area contributed by atoms with Crippen LogP contribution in [0.25, 0.3) is 10.8 Å². The molecule has 1 N–H and O–H groups in total. The molecular formula is C26H21N3O4. The molecule has 0 bridgehead atoms. The lowest BCUT2D eigenvalue weighted by Gasteiger charge is -2.12. The molecule has 33 heavy (non-hydrogen) atoms. The van der Waals surface area contributed by atoms with E-state index < -0.39 is 5.97 Å². The van der Waals surface area contributed by atoms with Gasteiger partial charge in [0, 0.05) is 12.4 Å². The van der Waals surface area contributed by atoms with Gasteiger partial charge in [-0.15, -0.1) is 0 Å². The molecule has 4 rings (SSSR count). The number of carbonyl (C=O) groups is 2. The van der Waals surface area contributed by atoms with Crippen molar-refractivity contribution in [1.82, 2.24) is 10.4 Å². The molecule has 1 heterocycles. The van der Waals surface area contributed by atoms with Crippen LogP contribution in [0, 0.1) is 0 Å². The Morgan fingerprint density at radius 3 is 2.67 bits per heavy atom. The molecule has 0 fully saturated rings. The molecule has 4 aromatic rings. The summed E-state index contributed by atoms with van der Waals surface area (Å²) in [5, 5.41) is 5.75. The van der Waals surface area contributed by atoms with Crippen molar-refractivity contribution in [2.24, 2.45) is 5.10 Å². The maximum atomic E-state index is 12.9. The zero-order valence-electron chi connectivity index (χ0n) is 17.9. The summed E-state index contributed by atoms with van der Waals surface area (Å²) in [7, 11) is 0. The van der Waals surface area contributed by atoms with Crippen LogP contribution in [0.5, 0.6) is 11.5 Å². The second-order valence-electron chi connectivity index (χ2n) is 7.00. The molecule has 0 radical (unpaired) electrons. The number of carbonyl (C=O) groups excluding carboxylic acids is 2. The number of ether oxygens (including phenoxy) is 2. The summed E-state index contributed by atoms with van der Waals surface area (Å²) in [5.41, 5.74) is 3.99. The van der Waals surface area contributed by atoms with Gasteiger partial charge in [0.1, 0.15) is 0 Å². The van der Waals surface area contributed by atoms with E-state index in [1.165, 1.54) is 12.4 Å². The van der Waals surface area contributed by atoms with Gasteiger partial charge >= 0.3 is 5.97 Å². The summed E-state index contributed by atoms with van der Waals surface area (Å²) in [6, 6.07) is 21.5. The highest BCUT2D eigenvalue weighted by Gasteiger charge is 2.15. The van der Waals surface area contributed by atoms with Crippen LogP contribution < -0.4 is 14.9 Å². The van der Waals surface area contributed by atoms with E-state index >= 15 is 0 Å². The van der Waals surface area contributed by atoms with Crippen LogP contribution in [0.1, 0.15) is 33.2 Å². The lowest BCUT2D eigenvalue weighted by molar-refractivity contribution is 0.0730. The largest absolute Gasteiger partial charge is 0.490 e. The fourth-order valence-electron chi connectivity index (χ4n) is 3.24. The van der Waals surface area contributed by atoms with Gasteiger partial charge in [-0.1, -0.05) is 36.4 Å². The highest BCUT2D eigenvalue weighted by atomic mass is 16.6. The maximum Gasteiger partial charge on any atom is 0.344 e. The van der Waals surface area contributed by atoms with E-state index in [1.807, 2.05) is 43.3 Å². The van der Waals surface area contributed by atoms with Crippen molar-refractivity contribution < 1.29 is 19.1 Å². The Morgan fingerprint density at radius 2 is 1.85 bits per heavy atom. The number of hydrogen-bond acceptors (Lipinski definition) is 6. The first-order valence-corrected chi connectivity index (χ1v) is 10.4. The molecule has 0 aliphatic rings. The van der Waals surface area contributed by atoms with Gasteiger partial charge in [0.2, 0.25) is 0 Å². The molecule has 164 valence electrons. The first-order valence-electron chi connectivity index (χ1n) is 10.4. The lowest BCUT2D eigenvalue weighted by Crippen LogP contribution is -2.17. The van der Waals surface area contributed by atoms with Crippen LogP contribution >= 0.6 is 0 Å². The van der Waals surface area contributed by atoms with E-state index in [0.717, 1.165) is 10.8 Å². The number of nitrogens with zero attached hydrogens (tertiary/aromatic N) is 2. The smallest absolute Gasteiger partial charge is 0.344 e. The Balaban J connectivity index is 1.51. The van der Waals surface area contributed by atoms with E-state index in [4.69, 9.17) is 9.47 Å². The number of aromatic nitrogens is 1. The molecular weight excluding hydrogens is 418 g/mol. The molecule has 0 saturated carbocycles. The normalized spacial score (nSPS) is 10.8. The van der Waals surface area contributed by atoms with Crippen LogP contribution in [-0.2, 0) is 0 Å². The molecule has 0 spiro atoms. The fraction of sp³-hybridized carbons (Fsp3) is 0.0769. The highest BCUT2D eigenvalue weighted by molar-refractivity contribution is 6.05. The standard InChI is InChI=1S/C26H21N3O4/c1-2-32-24-15-18(16-28-29-25(30)20-9-6-14-27-17-20)12-13-23(24)33-26(31)22-11-5-8-19-7-3-4-10-21(19)22/h3-17H,2H2,1H3,(H,29,30)/b28-16-. The van der Waals surface area contributed by atoms with Crippen molar-refractivity contribution in [3.63, 3.8) is 0 Å². The average Bonchev–Trinajstić information content (AvgIpc) is 2.85.